The number of ether oxygens (including phenoxy) is 1. The van der Waals surface area contributed by atoms with E-state index >= 15 is 0 Å². The number of aliphatic hydroxyl groups is 1. The van der Waals surface area contributed by atoms with Crippen molar-refractivity contribution in [3.05, 3.63) is 23.8 Å². The van der Waals surface area contributed by atoms with Gasteiger partial charge >= 0.3 is 0 Å². The fourth-order valence-corrected chi connectivity index (χ4v) is 2.71. The maximum absolute atomic E-state index is 9.94. The summed E-state index contributed by atoms with van der Waals surface area (Å²) < 4.78 is 5.82. The predicted molar refractivity (Wildman–Crippen MR) is 81.9 cm³/mol. The van der Waals surface area contributed by atoms with Crippen LogP contribution in [-0.2, 0) is 11.3 Å². The molecule has 0 radical (unpaired) electrons. The van der Waals surface area contributed by atoms with Gasteiger partial charge in [-0.15, -0.1) is 0 Å². The van der Waals surface area contributed by atoms with E-state index in [9.17, 15) is 5.11 Å². The van der Waals surface area contributed by atoms with Crippen molar-refractivity contribution in [1.29, 1.82) is 0 Å². The highest BCUT2D eigenvalue weighted by Crippen LogP contribution is 2.25. The van der Waals surface area contributed by atoms with E-state index in [1.54, 1.807) is 12.4 Å². The zero-order chi connectivity index (χ0) is 15.1. The molecule has 21 heavy (non-hydrogen) atoms. The lowest BCUT2D eigenvalue weighted by Crippen LogP contribution is -2.33. The third-order valence-corrected chi connectivity index (χ3v) is 3.93. The molecule has 3 atom stereocenters. The highest BCUT2D eigenvalue weighted by Gasteiger charge is 2.20. The van der Waals surface area contributed by atoms with Gasteiger partial charge in [0.1, 0.15) is 0 Å². The summed E-state index contributed by atoms with van der Waals surface area (Å²) >= 11 is 0. The van der Waals surface area contributed by atoms with Gasteiger partial charge < -0.3 is 15.2 Å². The number of nitrogens with one attached hydrogen (secondary N) is 1. The normalized spacial score (nSPS) is 24.0. The second-order valence-electron chi connectivity index (χ2n) is 6.16. The molecule has 118 valence electrons. The first-order valence-electron chi connectivity index (χ1n) is 7.91. The van der Waals surface area contributed by atoms with Crippen LogP contribution in [0.3, 0.4) is 0 Å². The molecule has 2 rings (SSSR count). The maximum atomic E-state index is 9.94. The Hall–Kier alpha value is -1.04. The van der Waals surface area contributed by atoms with Gasteiger partial charge in [0.05, 0.1) is 30.2 Å². The Morgan fingerprint density at radius 3 is 2.95 bits per heavy atom. The minimum absolute atomic E-state index is 0.325. The second-order valence-corrected chi connectivity index (χ2v) is 6.16. The summed E-state index contributed by atoms with van der Waals surface area (Å²) in [5.74, 6) is 0.749. The Kier molecular flexibility index (Phi) is 6.54. The lowest BCUT2D eigenvalue weighted by Gasteiger charge is -2.27. The number of aromatic nitrogens is 2. The van der Waals surface area contributed by atoms with Gasteiger partial charge in [0, 0.05) is 25.5 Å². The average Bonchev–Trinajstić information content (AvgIpc) is 2.47. The first kappa shape index (κ1) is 16.3. The van der Waals surface area contributed by atoms with E-state index in [1.165, 1.54) is 12.8 Å². The Labute approximate surface area is 127 Å². The molecule has 1 aliphatic carbocycles. The molecule has 1 aromatic rings. The molecule has 0 amide bonds. The van der Waals surface area contributed by atoms with Crippen molar-refractivity contribution < 1.29 is 9.84 Å². The molecule has 1 heterocycles. The highest BCUT2D eigenvalue weighted by molar-refractivity contribution is 5.00. The predicted octanol–water partition coefficient (Wildman–Crippen LogP) is 1.83. The van der Waals surface area contributed by atoms with Gasteiger partial charge in [-0.1, -0.05) is 19.8 Å². The monoisotopic (exact) mass is 293 g/mol. The van der Waals surface area contributed by atoms with Gasteiger partial charge in [0.2, 0.25) is 0 Å². The van der Waals surface area contributed by atoms with E-state index in [0.717, 1.165) is 30.1 Å². The van der Waals surface area contributed by atoms with Crippen LogP contribution in [0.25, 0.3) is 0 Å². The topological polar surface area (TPSA) is 67.3 Å². The van der Waals surface area contributed by atoms with Crippen LogP contribution in [0.2, 0.25) is 0 Å². The van der Waals surface area contributed by atoms with Gasteiger partial charge in [-0.05, 0) is 25.7 Å². The molecule has 0 aromatic carbocycles. The Balaban J connectivity index is 1.59. The molecular weight excluding hydrogens is 266 g/mol. The van der Waals surface area contributed by atoms with Crippen LogP contribution in [0, 0.1) is 12.8 Å². The molecule has 5 nitrogen and oxygen atoms in total. The van der Waals surface area contributed by atoms with Crippen molar-refractivity contribution in [3.8, 4) is 0 Å². The summed E-state index contributed by atoms with van der Waals surface area (Å²) in [5.41, 5.74) is 1.80. The summed E-state index contributed by atoms with van der Waals surface area (Å²) in [6, 6.07) is 0. The standard InChI is InChI=1S/C16H27N3O2/c1-12-4-3-5-16(6-12)21-11-15(20)10-17-8-14-9-18-13(2)7-19-14/h7,9,12,15-17,20H,3-6,8,10-11H2,1-2H3. The first-order valence-corrected chi connectivity index (χ1v) is 7.91. The summed E-state index contributed by atoms with van der Waals surface area (Å²) in [4.78, 5) is 8.46. The summed E-state index contributed by atoms with van der Waals surface area (Å²) in [7, 11) is 0. The van der Waals surface area contributed by atoms with Gasteiger partial charge in [0.15, 0.2) is 0 Å². The van der Waals surface area contributed by atoms with Gasteiger partial charge in [0.25, 0.3) is 0 Å². The molecular formula is C16H27N3O2. The van der Waals surface area contributed by atoms with E-state index < -0.39 is 6.10 Å². The third-order valence-electron chi connectivity index (χ3n) is 3.93. The van der Waals surface area contributed by atoms with Crippen molar-refractivity contribution in [2.24, 2.45) is 5.92 Å². The van der Waals surface area contributed by atoms with Crippen LogP contribution in [-0.4, -0.2) is 40.4 Å². The zero-order valence-electron chi connectivity index (χ0n) is 13.1. The molecule has 0 spiro atoms. The number of aliphatic hydroxyl groups excluding tert-OH is 1. The van der Waals surface area contributed by atoms with E-state index in [4.69, 9.17) is 4.74 Å². The van der Waals surface area contributed by atoms with Crippen LogP contribution in [0.4, 0.5) is 0 Å². The van der Waals surface area contributed by atoms with E-state index in [-0.39, 0.29) is 0 Å². The highest BCUT2D eigenvalue weighted by atomic mass is 16.5. The van der Waals surface area contributed by atoms with Crippen molar-refractivity contribution in [1.82, 2.24) is 15.3 Å². The first-order chi connectivity index (χ1) is 10.1. The lowest BCUT2D eigenvalue weighted by atomic mass is 9.89. The van der Waals surface area contributed by atoms with Crippen LogP contribution in [0.5, 0.6) is 0 Å². The van der Waals surface area contributed by atoms with Crippen molar-refractivity contribution in [3.63, 3.8) is 0 Å². The summed E-state index contributed by atoms with van der Waals surface area (Å²) in [5, 5.41) is 13.1. The van der Waals surface area contributed by atoms with Crippen LogP contribution in [0.1, 0.15) is 44.0 Å². The SMILES string of the molecule is Cc1cnc(CNCC(O)COC2CCCC(C)C2)cn1. The minimum Gasteiger partial charge on any atom is -0.389 e. The van der Waals surface area contributed by atoms with Crippen LogP contribution < -0.4 is 5.32 Å². The van der Waals surface area contributed by atoms with Crippen LogP contribution >= 0.6 is 0 Å². The number of rotatable bonds is 7. The number of nitrogens with zero attached hydrogens (tertiary/aromatic N) is 2. The van der Waals surface area contributed by atoms with Crippen molar-refractivity contribution in [2.45, 2.75) is 58.3 Å². The molecule has 0 saturated heterocycles. The molecule has 3 unspecified atom stereocenters. The van der Waals surface area contributed by atoms with Gasteiger partial charge in [-0.3, -0.25) is 9.97 Å². The van der Waals surface area contributed by atoms with Crippen molar-refractivity contribution >= 4 is 0 Å². The Morgan fingerprint density at radius 2 is 2.24 bits per heavy atom. The summed E-state index contributed by atoms with van der Waals surface area (Å²) in [6.07, 6.45) is 8.17. The fraction of sp³-hybridized carbons (Fsp3) is 0.750. The quantitative estimate of drug-likeness (QED) is 0.803. The van der Waals surface area contributed by atoms with Crippen molar-refractivity contribution in [2.75, 3.05) is 13.2 Å². The second kappa shape index (κ2) is 8.41. The fourth-order valence-electron chi connectivity index (χ4n) is 2.71. The Morgan fingerprint density at radius 1 is 1.38 bits per heavy atom. The van der Waals surface area contributed by atoms with Gasteiger partial charge in [-0.2, -0.15) is 0 Å². The molecule has 5 heteroatoms. The maximum Gasteiger partial charge on any atom is 0.0897 e. The number of hydrogen-bond acceptors (Lipinski definition) is 5. The van der Waals surface area contributed by atoms with E-state index in [2.05, 4.69) is 22.2 Å². The Bertz CT molecular complexity index is 410. The molecule has 1 saturated carbocycles. The molecule has 0 aliphatic heterocycles. The van der Waals surface area contributed by atoms with E-state index in [1.807, 2.05) is 6.92 Å². The summed E-state index contributed by atoms with van der Waals surface area (Å²) in [6.45, 7) is 5.72. The number of aryl methyl sites for hydroxylation is 1. The third kappa shape index (κ3) is 6.08. The van der Waals surface area contributed by atoms with Gasteiger partial charge in [-0.25, -0.2) is 0 Å². The lowest BCUT2D eigenvalue weighted by molar-refractivity contribution is -0.0306. The molecule has 1 fully saturated rings. The smallest absolute Gasteiger partial charge is 0.0897 e. The molecule has 1 aromatic heterocycles. The minimum atomic E-state index is -0.472. The zero-order valence-corrected chi connectivity index (χ0v) is 13.1. The average molecular weight is 293 g/mol. The molecule has 1 aliphatic rings. The molecule has 2 N–H and O–H groups in total. The van der Waals surface area contributed by atoms with Crippen LogP contribution in [0.15, 0.2) is 12.4 Å². The number of hydrogen-bond donors (Lipinski definition) is 2. The molecule has 0 bridgehead atoms. The largest absolute Gasteiger partial charge is 0.389 e. The van der Waals surface area contributed by atoms with E-state index in [0.29, 0.717) is 25.8 Å².